The Morgan fingerprint density at radius 3 is 1.24 bits per heavy atom. The number of nitrogens with zero attached hydrogens (tertiary/aromatic N) is 2. The molecule has 0 saturated carbocycles. The highest BCUT2D eigenvalue weighted by molar-refractivity contribution is 7.87. The topological polar surface area (TPSA) is 198 Å². The van der Waals surface area contributed by atoms with Crippen LogP contribution in [0.2, 0.25) is 0 Å². The predicted octanol–water partition coefficient (Wildman–Crippen LogP) is 2.63. The molecule has 0 atom stereocenters. The van der Waals surface area contributed by atoms with E-state index in [1.54, 1.807) is 65.8 Å². The Balaban J connectivity index is 2.03. The van der Waals surface area contributed by atoms with Crippen LogP contribution in [0.15, 0.2) is 77.9 Å². The number of rotatable bonds is 6. The Morgan fingerprint density at radius 1 is 0.565 bits per heavy atom. The maximum atomic E-state index is 14.1. The van der Waals surface area contributed by atoms with Crippen molar-refractivity contribution in [3.05, 3.63) is 124 Å². The number of benzene rings is 3. The maximum Gasteiger partial charge on any atom is 0.313 e. The number of hydrogen-bond donors (Lipinski definition) is 2. The van der Waals surface area contributed by atoms with E-state index < -0.39 is 31.1 Å². The fourth-order valence-electron chi connectivity index (χ4n) is 6.14. The van der Waals surface area contributed by atoms with Gasteiger partial charge in [-0.2, -0.15) is 37.2 Å². The zero-order valence-corrected chi connectivity index (χ0v) is 27.4. The van der Waals surface area contributed by atoms with Crippen LogP contribution < -0.4 is 33.4 Å². The summed E-state index contributed by atoms with van der Waals surface area (Å²) < 4.78 is 59.3. The Hall–Kier alpha value is -4.44. The first kappa shape index (κ1) is 32.9. The van der Waals surface area contributed by atoms with Crippen molar-refractivity contribution in [2.75, 3.05) is 0 Å². The third-order valence-electron chi connectivity index (χ3n) is 7.97. The summed E-state index contributed by atoms with van der Waals surface area (Å²) in [5, 5.41) is 0.467. The lowest BCUT2D eigenvalue weighted by Gasteiger charge is -2.14. The first-order valence-electron chi connectivity index (χ1n) is 13.8. The van der Waals surface area contributed by atoms with E-state index in [0.717, 1.165) is 0 Å². The molecule has 3 aromatic rings. The Labute approximate surface area is 263 Å². The van der Waals surface area contributed by atoms with Gasteiger partial charge in [-0.15, -0.1) is 0 Å². The lowest BCUT2D eigenvalue weighted by atomic mass is 10.0. The van der Waals surface area contributed by atoms with Gasteiger partial charge in [0.15, 0.2) is 10.9 Å². The van der Waals surface area contributed by atoms with E-state index in [9.17, 15) is 26.4 Å². The smallest absolute Gasteiger partial charge is 0.288 e. The molecule has 46 heavy (non-hydrogen) atoms. The molecule has 2 aliphatic rings. The van der Waals surface area contributed by atoms with Crippen molar-refractivity contribution >= 4 is 42.4 Å². The van der Waals surface area contributed by atoms with Gasteiger partial charge in [0.2, 0.25) is 0 Å². The van der Waals surface area contributed by atoms with Crippen LogP contribution in [-0.2, 0) is 28.8 Å². The standard InChI is InChI=1S/C32H30N4O8S2/c1-15-13-17(3)31(45(39,40)43-33)19(5)27(15)35-23-11-12-24(26-25(23)29(37)21-9-7-8-10-22(21)30(26)38)36-28-16(2)14-18(4)32(20(28)6)46(41,42)44-34/h7-14H,33-34H2,1-6H3. The van der Waals surface area contributed by atoms with E-state index in [4.69, 9.17) is 21.8 Å². The largest absolute Gasteiger partial charge is 0.313 e. The summed E-state index contributed by atoms with van der Waals surface area (Å²) in [6.45, 7) is 9.75. The minimum atomic E-state index is -4.31. The lowest BCUT2D eigenvalue weighted by molar-refractivity contribution is 0.331. The van der Waals surface area contributed by atoms with Gasteiger partial charge in [0, 0.05) is 10.8 Å². The highest BCUT2D eigenvalue weighted by Crippen LogP contribution is 2.34. The van der Waals surface area contributed by atoms with Crippen LogP contribution in [0.3, 0.4) is 0 Å². The summed E-state index contributed by atoms with van der Waals surface area (Å²) in [4.78, 5) is 37.3. The lowest BCUT2D eigenvalue weighted by Crippen LogP contribution is -2.29. The predicted molar refractivity (Wildman–Crippen MR) is 171 cm³/mol. The molecule has 238 valence electrons. The molecule has 0 unspecified atom stereocenters. The Kier molecular flexibility index (Phi) is 8.40. The third-order valence-corrected chi connectivity index (χ3v) is 10.7. The zero-order valence-electron chi connectivity index (χ0n) is 25.8. The van der Waals surface area contributed by atoms with Gasteiger partial charge < -0.3 is 0 Å². The second kappa shape index (κ2) is 11.7. The average Bonchev–Trinajstić information content (AvgIpc) is 2.99. The van der Waals surface area contributed by atoms with Gasteiger partial charge in [-0.1, -0.05) is 36.4 Å². The summed E-state index contributed by atoms with van der Waals surface area (Å²) in [7, 11) is -8.63. The van der Waals surface area contributed by atoms with Crippen LogP contribution in [-0.4, -0.2) is 16.8 Å². The molecular formula is C32H30N4O8S2. The highest BCUT2D eigenvalue weighted by atomic mass is 32.2. The van der Waals surface area contributed by atoms with Crippen LogP contribution in [0, 0.1) is 52.0 Å². The van der Waals surface area contributed by atoms with Gasteiger partial charge in [-0.25, -0.2) is 9.98 Å². The average molecular weight is 663 g/mol. The summed E-state index contributed by atoms with van der Waals surface area (Å²) in [6, 6.07) is 12.6. The molecule has 0 fully saturated rings. The van der Waals surface area contributed by atoms with Crippen LogP contribution >= 0.6 is 0 Å². The molecule has 0 radical (unpaired) electrons. The van der Waals surface area contributed by atoms with Gasteiger partial charge in [0.1, 0.15) is 9.79 Å². The van der Waals surface area contributed by atoms with E-state index in [-0.39, 0.29) is 64.2 Å². The Morgan fingerprint density at radius 2 is 0.913 bits per heavy atom. The molecule has 0 heterocycles. The van der Waals surface area contributed by atoms with Crippen LogP contribution in [0.5, 0.6) is 0 Å². The monoisotopic (exact) mass is 662 g/mol. The Bertz CT molecular complexity index is 2460. The van der Waals surface area contributed by atoms with Crippen LogP contribution in [0.1, 0.15) is 33.4 Å². The SMILES string of the molecule is Cc1cc(C)c(S(=O)(=O)ON)c(C)c1N=c1ccc(=Nc2c(C)cc(C)c(S(=O)(=O)ON)c2C)c2c(=O)c3ccccc3c(=O)c1=2. The highest BCUT2D eigenvalue weighted by Gasteiger charge is 2.25. The van der Waals surface area contributed by atoms with E-state index in [2.05, 4.69) is 8.57 Å². The van der Waals surface area contributed by atoms with Crippen molar-refractivity contribution in [1.82, 2.24) is 0 Å². The number of nitrogens with two attached hydrogens (primary N) is 2. The molecule has 0 spiro atoms. The molecule has 2 aliphatic carbocycles. The number of fused-ring (bicyclic) bond motifs is 1. The molecule has 0 bridgehead atoms. The minimum Gasteiger partial charge on any atom is -0.288 e. The summed E-state index contributed by atoms with van der Waals surface area (Å²) in [6.07, 6.45) is 0. The molecule has 0 aliphatic heterocycles. The van der Waals surface area contributed by atoms with Crippen molar-refractivity contribution in [3.63, 3.8) is 0 Å². The van der Waals surface area contributed by atoms with Crippen molar-refractivity contribution in [2.45, 2.75) is 51.3 Å². The van der Waals surface area contributed by atoms with Gasteiger partial charge in [0.05, 0.1) is 32.5 Å². The number of aryl methyl sites for hydroxylation is 4. The number of hydrogen-bond acceptors (Lipinski definition) is 12. The normalized spacial score (nSPS) is 13.3. The maximum absolute atomic E-state index is 14.1. The van der Waals surface area contributed by atoms with Gasteiger partial charge in [-0.3, -0.25) is 9.59 Å². The first-order valence-corrected chi connectivity index (χ1v) is 16.6. The molecule has 12 nitrogen and oxygen atoms in total. The fourth-order valence-corrected chi connectivity index (χ4v) is 8.18. The molecular weight excluding hydrogens is 633 g/mol. The first-order chi connectivity index (χ1) is 21.5. The zero-order chi connectivity index (χ0) is 33.9. The molecule has 0 saturated heterocycles. The van der Waals surface area contributed by atoms with Gasteiger partial charge in [0.25, 0.3) is 0 Å². The summed E-state index contributed by atoms with van der Waals surface area (Å²) in [5.41, 5.74) is 1.97. The van der Waals surface area contributed by atoms with Crippen LogP contribution in [0.4, 0.5) is 11.4 Å². The van der Waals surface area contributed by atoms with Crippen molar-refractivity contribution < 1.29 is 25.4 Å². The second-order valence-electron chi connectivity index (χ2n) is 11.0. The third kappa shape index (κ3) is 5.28. The molecule has 0 amide bonds. The molecule has 4 N–H and O–H groups in total. The molecule has 5 rings (SSSR count). The summed E-state index contributed by atoms with van der Waals surface area (Å²) >= 11 is 0. The van der Waals surface area contributed by atoms with Crippen molar-refractivity contribution in [3.8, 4) is 0 Å². The van der Waals surface area contributed by atoms with Gasteiger partial charge in [-0.05, 0) is 87.1 Å². The van der Waals surface area contributed by atoms with E-state index >= 15 is 0 Å². The summed E-state index contributed by atoms with van der Waals surface area (Å²) in [5.74, 6) is 10.2. The molecule has 14 heteroatoms. The van der Waals surface area contributed by atoms with E-state index in [1.807, 2.05) is 0 Å². The quantitative estimate of drug-likeness (QED) is 0.255. The van der Waals surface area contributed by atoms with E-state index in [1.165, 1.54) is 24.3 Å². The van der Waals surface area contributed by atoms with E-state index in [0.29, 0.717) is 22.3 Å². The van der Waals surface area contributed by atoms with Crippen molar-refractivity contribution in [2.24, 2.45) is 21.8 Å². The van der Waals surface area contributed by atoms with Crippen molar-refractivity contribution in [1.29, 1.82) is 0 Å². The van der Waals surface area contributed by atoms with Gasteiger partial charge >= 0.3 is 20.2 Å². The second-order valence-corrected chi connectivity index (χ2v) is 14.0. The fraction of sp³-hybridized carbons (Fsp3) is 0.188. The van der Waals surface area contributed by atoms with Crippen LogP contribution in [0.25, 0.3) is 10.8 Å². The molecule has 3 aromatic carbocycles. The minimum absolute atomic E-state index is 0.0376. The molecule has 0 aromatic heterocycles.